The summed E-state index contributed by atoms with van der Waals surface area (Å²) in [6.45, 7) is 0.339. The monoisotopic (exact) mass is 364 g/mol. The first kappa shape index (κ1) is 18.2. The number of carbonyl (C=O) groups is 1. The van der Waals surface area contributed by atoms with Crippen LogP contribution in [0.5, 0.6) is 11.5 Å². The molecule has 2 N–H and O–H groups in total. The van der Waals surface area contributed by atoms with E-state index in [9.17, 15) is 4.79 Å². The van der Waals surface area contributed by atoms with Gasteiger partial charge in [0.15, 0.2) is 0 Å². The summed E-state index contributed by atoms with van der Waals surface area (Å²) in [5.41, 5.74) is 2.56. The number of hydrogen-bond donors (Lipinski definition) is 2. The second-order valence-corrected chi connectivity index (χ2v) is 5.62. The fraction of sp³-hybridized carbons (Fsp3) is 0.150. The Balaban J connectivity index is 1.71. The highest BCUT2D eigenvalue weighted by atomic mass is 16.5. The molecule has 0 atom stereocenters. The van der Waals surface area contributed by atoms with Gasteiger partial charge in [-0.15, -0.1) is 0 Å². The molecule has 0 saturated carbocycles. The third-order valence-electron chi connectivity index (χ3n) is 3.84. The van der Waals surface area contributed by atoms with Gasteiger partial charge in [-0.1, -0.05) is 6.07 Å². The van der Waals surface area contributed by atoms with Crippen LogP contribution in [0.1, 0.15) is 16.2 Å². The minimum absolute atomic E-state index is 0.272. The van der Waals surface area contributed by atoms with E-state index in [0.29, 0.717) is 23.7 Å². The van der Waals surface area contributed by atoms with E-state index in [1.807, 2.05) is 30.3 Å². The summed E-state index contributed by atoms with van der Waals surface area (Å²) in [6, 6.07) is 14.5. The summed E-state index contributed by atoms with van der Waals surface area (Å²) in [5, 5.41) is 6.04. The van der Waals surface area contributed by atoms with Gasteiger partial charge in [-0.3, -0.25) is 14.8 Å². The van der Waals surface area contributed by atoms with Gasteiger partial charge < -0.3 is 20.1 Å². The van der Waals surface area contributed by atoms with Gasteiger partial charge in [0.2, 0.25) is 0 Å². The van der Waals surface area contributed by atoms with Crippen molar-refractivity contribution < 1.29 is 14.3 Å². The average molecular weight is 364 g/mol. The van der Waals surface area contributed by atoms with Crippen molar-refractivity contribution >= 4 is 17.3 Å². The highest BCUT2D eigenvalue weighted by molar-refractivity contribution is 5.93. The number of pyridine rings is 2. The maximum absolute atomic E-state index is 12.4. The lowest BCUT2D eigenvalue weighted by molar-refractivity contribution is 0.0945. The van der Waals surface area contributed by atoms with Crippen LogP contribution in [-0.2, 0) is 6.54 Å². The Kier molecular flexibility index (Phi) is 5.84. The van der Waals surface area contributed by atoms with Crippen molar-refractivity contribution in [1.29, 1.82) is 0 Å². The summed E-state index contributed by atoms with van der Waals surface area (Å²) in [5.74, 6) is 1.06. The number of ether oxygens (including phenoxy) is 2. The molecule has 1 amide bonds. The van der Waals surface area contributed by atoms with Crippen LogP contribution in [0.4, 0.5) is 11.4 Å². The number of amides is 1. The lowest BCUT2D eigenvalue weighted by Crippen LogP contribution is -2.24. The predicted molar refractivity (Wildman–Crippen MR) is 102 cm³/mol. The molecule has 3 aromatic rings. The van der Waals surface area contributed by atoms with Crippen LogP contribution in [0.15, 0.2) is 60.9 Å². The van der Waals surface area contributed by atoms with Crippen LogP contribution >= 0.6 is 0 Å². The van der Waals surface area contributed by atoms with Crippen LogP contribution in [0, 0.1) is 0 Å². The number of nitrogens with one attached hydrogen (secondary N) is 2. The topological polar surface area (TPSA) is 85.4 Å². The molecule has 0 bridgehead atoms. The molecule has 0 saturated heterocycles. The summed E-state index contributed by atoms with van der Waals surface area (Å²) in [4.78, 5) is 20.7. The molecule has 27 heavy (non-hydrogen) atoms. The van der Waals surface area contributed by atoms with Crippen molar-refractivity contribution in [2.75, 3.05) is 19.5 Å². The Morgan fingerprint density at radius 2 is 1.89 bits per heavy atom. The summed E-state index contributed by atoms with van der Waals surface area (Å²) < 4.78 is 10.6. The molecule has 0 radical (unpaired) electrons. The summed E-state index contributed by atoms with van der Waals surface area (Å²) >= 11 is 0. The zero-order valence-corrected chi connectivity index (χ0v) is 15.1. The first-order chi connectivity index (χ1) is 13.2. The second kappa shape index (κ2) is 8.66. The van der Waals surface area contributed by atoms with E-state index in [0.717, 1.165) is 17.1 Å². The molecular formula is C20H20N4O3. The molecule has 0 aliphatic rings. The van der Waals surface area contributed by atoms with Gasteiger partial charge in [-0.05, 0) is 36.4 Å². The van der Waals surface area contributed by atoms with Crippen LogP contribution in [0.25, 0.3) is 0 Å². The number of rotatable bonds is 7. The number of anilines is 2. The van der Waals surface area contributed by atoms with Crippen LogP contribution in [0.2, 0.25) is 0 Å². The van der Waals surface area contributed by atoms with E-state index < -0.39 is 0 Å². The second-order valence-electron chi connectivity index (χ2n) is 5.62. The fourth-order valence-electron chi connectivity index (χ4n) is 2.45. The van der Waals surface area contributed by atoms with Crippen molar-refractivity contribution in [1.82, 2.24) is 15.3 Å². The van der Waals surface area contributed by atoms with Gasteiger partial charge in [0.1, 0.15) is 17.2 Å². The van der Waals surface area contributed by atoms with Gasteiger partial charge >= 0.3 is 0 Å². The van der Waals surface area contributed by atoms with Crippen molar-refractivity contribution in [3.05, 3.63) is 72.3 Å². The molecule has 2 heterocycles. The molecule has 0 aliphatic carbocycles. The molecule has 138 valence electrons. The Morgan fingerprint density at radius 3 is 2.63 bits per heavy atom. The largest absolute Gasteiger partial charge is 0.497 e. The number of methoxy groups -OCH3 is 2. The third kappa shape index (κ3) is 4.72. The minimum Gasteiger partial charge on any atom is -0.497 e. The number of benzene rings is 1. The number of nitrogens with zero attached hydrogens (tertiary/aromatic N) is 2. The average Bonchev–Trinajstić information content (AvgIpc) is 2.73. The molecule has 0 spiro atoms. The molecular weight excluding hydrogens is 344 g/mol. The molecule has 2 aromatic heterocycles. The van der Waals surface area contributed by atoms with E-state index >= 15 is 0 Å². The van der Waals surface area contributed by atoms with Gasteiger partial charge in [-0.2, -0.15) is 0 Å². The molecule has 0 fully saturated rings. The zero-order valence-electron chi connectivity index (χ0n) is 15.1. The Hall–Kier alpha value is -3.61. The lowest BCUT2D eigenvalue weighted by atomic mass is 10.2. The molecule has 7 nitrogen and oxygen atoms in total. The van der Waals surface area contributed by atoms with Crippen molar-refractivity contribution in [2.24, 2.45) is 0 Å². The van der Waals surface area contributed by atoms with Gasteiger partial charge in [0.25, 0.3) is 5.91 Å². The van der Waals surface area contributed by atoms with E-state index in [1.165, 1.54) is 0 Å². The van der Waals surface area contributed by atoms with Crippen molar-refractivity contribution in [2.45, 2.75) is 6.54 Å². The Morgan fingerprint density at radius 1 is 1.00 bits per heavy atom. The maximum Gasteiger partial charge on any atom is 0.270 e. The highest BCUT2D eigenvalue weighted by Gasteiger charge is 2.10. The van der Waals surface area contributed by atoms with Gasteiger partial charge in [0, 0.05) is 24.1 Å². The normalized spacial score (nSPS) is 10.1. The van der Waals surface area contributed by atoms with E-state index in [-0.39, 0.29) is 5.91 Å². The SMILES string of the molecule is COc1ccc(Nc2ccnc(C(=O)NCc3ccccn3)c2)c(OC)c1. The predicted octanol–water partition coefficient (Wildman–Crippen LogP) is 3.17. The van der Waals surface area contributed by atoms with Gasteiger partial charge in [-0.25, -0.2) is 0 Å². The smallest absolute Gasteiger partial charge is 0.270 e. The van der Waals surface area contributed by atoms with Crippen LogP contribution < -0.4 is 20.1 Å². The maximum atomic E-state index is 12.4. The Labute approximate surface area is 157 Å². The molecule has 3 rings (SSSR count). The quantitative estimate of drug-likeness (QED) is 0.670. The van der Waals surface area contributed by atoms with E-state index in [1.54, 1.807) is 44.8 Å². The van der Waals surface area contributed by atoms with E-state index in [2.05, 4.69) is 20.6 Å². The number of carbonyl (C=O) groups excluding carboxylic acids is 1. The van der Waals surface area contributed by atoms with E-state index in [4.69, 9.17) is 9.47 Å². The highest BCUT2D eigenvalue weighted by Crippen LogP contribution is 2.31. The Bertz CT molecular complexity index is 916. The molecule has 1 aromatic carbocycles. The first-order valence-electron chi connectivity index (χ1n) is 8.33. The minimum atomic E-state index is -0.272. The zero-order chi connectivity index (χ0) is 19.1. The van der Waals surface area contributed by atoms with Crippen LogP contribution in [0.3, 0.4) is 0 Å². The summed E-state index contributed by atoms with van der Waals surface area (Å²) in [7, 11) is 3.18. The molecule has 0 unspecified atom stereocenters. The number of hydrogen-bond acceptors (Lipinski definition) is 6. The van der Waals surface area contributed by atoms with Crippen LogP contribution in [-0.4, -0.2) is 30.1 Å². The third-order valence-corrected chi connectivity index (χ3v) is 3.84. The van der Waals surface area contributed by atoms with Crippen molar-refractivity contribution in [3.63, 3.8) is 0 Å². The van der Waals surface area contributed by atoms with Crippen molar-refractivity contribution in [3.8, 4) is 11.5 Å². The summed E-state index contributed by atoms with van der Waals surface area (Å²) in [6.07, 6.45) is 3.26. The lowest BCUT2D eigenvalue weighted by Gasteiger charge is -2.13. The van der Waals surface area contributed by atoms with Gasteiger partial charge in [0.05, 0.1) is 32.1 Å². The number of aromatic nitrogens is 2. The first-order valence-corrected chi connectivity index (χ1v) is 8.33. The molecule has 0 aliphatic heterocycles. The standard InChI is InChI=1S/C20H20N4O3/c1-26-16-6-7-17(19(12-16)27-2)24-14-8-10-22-18(11-14)20(25)23-13-15-5-3-4-9-21-15/h3-12H,13H2,1-2H3,(H,22,24)(H,23,25). The fourth-order valence-corrected chi connectivity index (χ4v) is 2.45. The molecule has 7 heteroatoms.